The quantitative estimate of drug-likeness (QED) is 0.833. The third-order valence-corrected chi connectivity index (χ3v) is 4.58. The van der Waals surface area contributed by atoms with Gasteiger partial charge in [-0.25, -0.2) is 9.18 Å². The Bertz CT molecular complexity index is 638. The van der Waals surface area contributed by atoms with Crippen LogP contribution in [0.1, 0.15) is 43.0 Å². The summed E-state index contributed by atoms with van der Waals surface area (Å²) in [5.41, 5.74) is 4.96. The van der Waals surface area contributed by atoms with E-state index in [2.05, 4.69) is 4.74 Å². The second kappa shape index (κ2) is 7.07. The monoisotopic (exact) mass is 339 g/mol. The van der Waals surface area contributed by atoms with Gasteiger partial charge in [0.1, 0.15) is 11.3 Å². The van der Waals surface area contributed by atoms with Crippen LogP contribution >= 0.6 is 0 Å². The number of ether oxygens (including phenoxy) is 3. The topological polar surface area (TPSA) is 87.9 Å². The molecule has 1 fully saturated rings. The molecule has 0 bridgehead atoms. The van der Waals surface area contributed by atoms with Crippen molar-refractivity contribution < 1.29 is 28.2 Å². The lowest BCUT2D eigenvalue weighted by atomic mass is 9.74. The van der Waals surface area contributed by atoms with E-state index in [-0.39, 0.29) is 29.1 Å². The molecule has 1 amide bonds. The molecule has 0 aliphatic heterocycles. The van der Waals surface area contributed by atoms with Gasteiger partial charge in [0.25, 0.3) is 0 Å². The molecule has 1 aliphatic rings. The van der Waals surface area contributed by atoms with Crippen molar-refractivity contribution in [3.8, 4) is 11.5 Å². The molecule has 1 aromatic carbocycles. The smallest absolute Gasteiger partial charge is 0.341 e. The van der Waals surface area contributed by atoms with Gasteiger partial charge in [-0.15, -0.1) is 0 Å². The van der Waals surface area contributed by atoms with E-state index in [9.17, 15) is 14.0 Å². The second-order valence-electron chi connectivity index (χ2n) is 6.22. The van der Waals surface area contributed by atoms with Gasteiger partial charge in [-0.2, -0.15) is 0 Å². The Balaban J connectivity index is 2.16. The molecule has 7 heteroatoms. The van der Waals surface area contributed by atoms with Crippen LogP contribution in [-0.4, -0.2) is 32.2 Å². The molecule has 2 N–H and O–H groups in total. The summed E-state index contributed by atoms with van der Waals surface area (Å²) in [5.74, 6) is -1.55. The van der Waals surface area contributed by atoms with Crippen LogP contribution in [0.4, 0.5) is 4.39 Å². The van der Waals surface area contributed by atoms with Gasteiger partial charge in [0.2, 0.25) is 5.91 Å². The molecule has 1 aromatic rings. The number of amides is 1. The Kier molecular flexibility index (Phi) is 5.31. The maximum Gasteiger partial charge on any atom is 0.341 e. The Morgan fingerprint density at radius 2 is 1.83 bits per heavy atom. The van der Waals surface area contributed by atoms with Gasteiger partial charge in [0, 0.05) is 17.5 Å². The first-order valence-electron chi connectivity index (χ1n) is 7.73. The number of methoxy groups -OCH3 is 2. The summed E-state index contributed by atoms with van der Waals surface area (Å²) >= 11 is 0. The minimum atomic E-state index is -0.637. The van der Waals surface area contributed by atoms with E-state index in [1.807, 2.05) is 6.92 Å². The van der Waals surface area contributed by atoms with Crippen LogP contribution in [0.5, 0.6) is 11.5 Å². The molecule has 0 aromatic heterocycles. The van der Waals surface area contributed by atoms with Crippen molar-refractivity contribution >= 4 is 11.9 Å². The molecule has 1 saturated carbocycles. The van der Waals surface area contributed by atoms with Gasteiger partial charge < -0.3 is 19.9 Å². The molecule has 0 heterocycles. The zero-order chi connectivity index (χ0) is 17.9. The van der Waals surface area contributed by atoms with E-state index in [0.29, 0.717) is 25.7 Å². The van der Waals surface area contributed by atoms with Crippen molar-refractivity contribution in [2.45, 2.75) is 38.7 Å². The van der Waals surface area contributed by atoms with Crippen molar-refractivity contribution in [1.82, 2.24) is 0 Å². The number of primary amides is 1. The zero-order valence-electron chi connectivity index (χ0n) is 14.1. The fourth-order valence-electron chi connectivity index (χ4n) is 2.84. The van der Waals surface area contributed by atoms with Crippen molar-refractivity contribution in [2.75, 3.05) is 14.2 Å². The molecule has 0 radical (unpaired) electrons. The lowest BCUT2D eigenvalue weighted by molar-refractivity contribution is -0.129. The van der Waals surface area contributed by atoms with Gasteiger partial charge in [-0.05, 0) is 25.7 Å². The largest absolute Gasteiger partial charge is 0.496 e. The average molecular weight is 339 g/mol. The summed E-state index contributed by atoms with van der Waals surface area (Å²) in [6.07, 6.45) is 2.08. The fourth-order valence-corrected chi connectivity index (χ4v) is 2.84. The summed E-state index contributed by atoms with van der Waals surface area (Å²) in [6, 6.07) is 2.37. The van der Waals surface area contributed by atoms with E-state index in [1.54, 1.807) is 0 Å². The Hall–Kier alpha value is -2.31. The van der Waals surface area contributed by atoms with Crippen molar-refractivity contribution in [3.63, 3.8) is 0 Å². The number of nitrogens with two attached hydrogens (primary N) is 1. The first-order chi connectivity index (χ1) is 11.3. The van der Waals surface area contributed by atoms with E-state index in [1.165, 1.54) is 20.3 Å². The van der Waals surface area contributed by atoms with Gasteiger partial charge in [0.05, 0.1) is 20.3 Å². The van der Waals surface area contributed by atoms with Gasteiger partial charge in [0.15, 0.2) is 11.6 Å². The average Bonchev–Trinajstić information content (AvgIpc) is 2.57. The third-order valence-electron chi connectivity index (χ3n) is 4.58. The molecule has 1 aliphatic carbocycles. The predicted octanol–water partition coefficient (Wildman–Crippen LogP) is 2.43. The summed E-state index contributed by atoms with van der Waals surface area (Å²) in [6.45, 7) is 1.83. The molecule has 2 rings (SSSR count). The Labute approximate surface area is 140 Å². The predicted molar refractivity (Wildman–Crippen MR) is 84.5 cm³/mol. The Morgan fingerprint density at radius 1 is 1.21 bits per heavy atom. The van der Waals surface area contributed by atoms with Crippen LogP contribution < -0.4 is 15.2 Å². The molecule has 24 heavy (non-hydrogen) atoms. The lowest BCUT2D eigenvalue weighted by Gasteiger charge is -2.34. The molecule has 0 atom stereocenters. The highest BCUT2D eigenvalue weighted by atomic mass is 19.1. The minimum absolute atomic E-state index is 0.0381. The molecule has 0 unspecified atom stereocenters. The third kappa shape index (κ3) is 3.60. The number of hydrogen-bond acceptors (Lipinski definition) is 5. The maximum atomic E-state index is 14.2. The Morgan fingerprint density at radius 3 is 2.33 bits per heavy atom. The number of esters is 1. The molecule has 6 nitrogen and oxygen atoms in total. The molecule has 0 spiro atoms. The normalized spacial score (nSPS) is 23.4. The summed E-state index contributed by atoms with van der Waals surface area (Å²) in [7, 11) is 2.57. The second-order valence-corrected chi connectivity index (χ2v) is 6.22. The molecule has 0 saturated heterocycles. The standard InChI is InChI=1S/C17H22FNO5/c1-17(16(19)21)6-4-10(5-7-17)24-14-8-11(15(20)23-3)13(22-2)9-12(14)18/h8-10H,4-7H2,1-3H3,(H2,19,21). The number of benzene rings is 1. The van der Waals surface area contributed by atoms with Gasteiger partial charge >= 0.3 is 5.97 Å². The first kappa shape index (κ1) is 18.0. The number of hydrogen-bond donors (Lipinski definition) is 1. The molecule has 132 valence electrons. The van der Waals surface area contributed by atoms with E-state index in [0.717, 1.165) is 6.07 Å². The highest BCUT2D eigenvalue weighted by molar-refractivity contribution is 5.93. The highest BCUT2D eigenvalue weighted by Crippen LogP contribution is 2.38. The SMILES string of the molecule is COC(=O)c1cc(OC2CCC(C)(C(N)=O)CC2)c(F)cc1OC. The van der Waals surface area contributed by atoms with Crippen molar-refractivity contribution in [2.24, 2.45) is 11.1 Å². The highest BCUT2D eigenvalue weighted by Gasteiger charge is 2.37. The molecular weight excluding hydrogens is 317 g/mol. The van der Waals surface area contributed by atoms with Gasteiger partial charge in [-0.1, -0.05) is 6.92 Å². The summed E-state index contributed by atoms with van der Waals surface area (Å²) in [5, 5.41) is 0. The van der Waals surface area contributed by atoms with Crippen molar-refractivity contribution in [1.29, 1.82) is 0 Å². The van der Waals surface area contributed by atoms with Crippen LogP contribution in [0.3, 0.4) is 0 Å². The maximum absolute atomic E-state index is 14.2. The minimum Gasteiger partial charge on any atom is -0.496 e. The number of rotatable bonds is 5. The van der Waals surface area contributed by atoms with Crippen LogP contribution in [0.25, 0.3) is 0 Å². The number of carbonyl (C=O) groups is 2. The van der Waals surface area contributed by atoms with Crippen LogP contribution in [0, 0.1) is 11.2 Å². The van der Waals surface area contributed by atoms with Crippen LogP contribution in [-0.2, 0) is 9.53 Å². The number of halogens is 1. The lowest BCUT2D eigenvalue weighted by Crippen LogP contribution is -2.40. The van der Waals surface area contributed by atoms with Crippen LogP contribution in [0.2, 0.25) is 0 Å². The van der Waals surface area contributed by atoms with E-state index in [4.69, 9.17) is 15.2 Å². The van der Waals surface area contributed by atoms with Gasteiger partial charge in [-0.3, -0.25) is 4.79 Å². The fraction of sp³-hybridized carbons (Fsp3) is 0.529. The molecular formula is C17H22FNO5. The van der Waals surface area contributed by atoms with E-state index < -0.39 is 17.2 Å². The van der Waals surface area contributed by atoms with E-state index >= 15 is 0 Å². The summed E-state index contributed by atoms with van der Waals surface area (Å²) < 4.78 is 29.6. The number of carbonyl (C=O) groups excluding carboxylic acids is 2. The summed E-state index contributed by atoms with van der Waals surface area (Å²) in [4.78, 5) is 23.3. The first-order valence-corrected chi connectivity index (χ1v) is 7.73. The van der Waals surface area contributed by atoms with Crippen LogP contribution in [0.15, 0.2) is 12.1 Å². The van der Waals surface area contributed by atoms with Crippen molar-refractivity contribution in [3.05, 3.63) is 23.5 Å². The zero-order valence-corrected chi connectivity index (χ0v) is 14.1.